The summed E-state index contributed by atoms with van der Waals surface area (Å²) in [7, 11) is 1.20. The molecule has 1 rings (SSSR count). The third kappa shape index (κ3) is 4.77. The quantitative estimate of drug-likeness (QED) is 0.346. The SMILES string of the molecule is CCC/C=C\C[C@](NC(C)=O)(C(=O)OC)C(=O)c1ccccc1. The van der Waals surface area contributed by atoms with Gasteiger partial charge in [0.25, 0.3) is 0 Å². The number of methoxy groups -OCH3 is 1. The number of benzene rings is 1. The second-order valence-corrected chi connectivity index (χ2v) is 5.24. The van der Waals surface area contributed by atoms with Crippen molar-refractivity contribution in [2.45, 2.75) is 38.6 Å². The fraction of sp³-hybridized carbons (Fsp3) is 0.389. The molecule has 0 saturated heterocycles. The van der Waals surface area contributed by atoms with Crippen molar-refractivity contribution in [3.8, 4) is 0 Å². The zero-order valence-electron chi connectivity index (χ0n) is 13.8. The largest absolute Gasteiger partial charge is 0.467 e. The highest BCUT2D eigenvalue weighted by molar-refractivity contribution is 6.18. The van der Waals surface area contributed by atoms with E-state index in [1.165, 1.54) is 14.0 Å². The van der Waals surface area contributed by atoms with Gasteiger partial charge in [0, 0.05) is 18.9 Å². The van der Waals surface area contributed by atoms with Crippen molar-refractivity contribution >= 4 is 17.7 Å². The number of hydrogen-bond donors (Lipinski definition) is 1. The van der Waals surface area contributed by atoms with Gasteiger partial charge in [-0.1, -0.05) is 55.8 Å². The Morgan fingerprint density at radius 2 is 1.83 bits per heavy atom. The van der Waals surface area contributed by atoms with Crippen molar-refractivity contribution in [1.82, 2.24) is 5.32 Å². The molecule has 0 unspecified atom stereocenters. The van der Waals surface area contributed by atoms with Gasteiger partial charge in [-0.15, -0.1) is 0 Å². The first kappa shape index (κ1) is 18.6. The molecule has 0 aromatic heterocycles. The van der Waals surface area contributed by atoms with Crippen LogP contribution in [0.5, 0.6) is 0 Å². The topological polar surface area (TPSA) is 72.5 Å². The summed E-state index contributed by atoms with van der Waals surface area (Å²) in [5.74, 6) is -1.73. The average Bonchev–Trinajstić information content (AvgIpc) is 2.56. The first-order valence-corrected chi connectivity index (χ1v) is 7.60. The number of Topliss-reactive ketones (excluding diaryl/α,β-unsaturated/α-hetero) is 1. The number of carbonyl (C=O) groups is 3. The molecule has 124 valence electrons. The summed E-state index contributed by atoms with van der Waals surface area (Å²) in [5.41, 5.74) is -1.40. The van der Waals surface area contributed by atoms with E-state index in [-0.39, 0.29) is 6.42 Å². The zero-order valence-corrected chi connectivity index (χ0v) is 13.8. The lowest BCUT2D eigenvalue weighted by Crippen LogP contribution is -2.60. The minimum absolute atomic E-state index is 0.0486. The Bertz CT molecular complexity index is 580. The molecule has 5 heteroatoms. The third-order valence-electron chi connectivity index (χ3n) is 3.39. The van der Waals surface area contributed by atoms with E-state index in [4.69, 9.17) is 4.74 Å². The fourth-order valence-corrected chi connectivity index (χ4v) is 2.28. The third-order valence-corrected chi connectivity index (χ3v) is 3.39. The highest BCUT2D eigenvalue weighted by atomic mass is 16.5. The van der Waals surface area contributed by atoms with Crippen LogP contribution >= 0.6 is 0 Å². The zero-order chi connectivity index (χ0) is 17.3. The normalized spacial score (nSPS) is 13.3. The van der Waals surface area contributed by atoms with Crippen LogP contribution in [0.15, 0.2) is 42.5 Å². The van der Waals surface area contributed by atoms with Crippen molar-refractivity contribution < 1.29 is 19.1 Å². The molecular weight excluding hydrogens is 294 g/mol. The highest BCUT2D eigenvalue weighted by Crippen LogP contribution is 2.21. The van der Waals surface area contributed by atoms with Crippen LogP contribution in [0, 0.1) is 0 Å². The summed E-state index contributed by atoms with van der Waals surface area (Å²) < 4.78 is 4.81. The maximum atomic E-state index is 12.9. The molecule has 1 aromatic rings. The molecule has 0 spiro atoms. The number of carbonyl (C=O) groups excluding carboxylic acids is 3. The molecule has 0 saturated carbocycles. The summed E-state index contributed by atoms with van der Waals surface area (Å²) in [6.45, 7) is 3.30. The number of ether oxygens (including phenoxy) is 1. The lowest BCUT2D eigenvalue weighted by atomic mass is 9.85. The van der Waals surface area contributed by atoms with Crippen LogP contribution in [0.25, 0.3) is 0 Å². The van der Waals surface area contributed by atoms with E-state index < -0.39 is 23.2 Å². The molecule has 1 N–H and O–H groups in total. The molecule has 5 nitrogen and oxygen atoms in total. The van der Waals surface area contributed by atoms with Gasteiger partial charge in [-0.2, -0.15) is 0 Å². The van der Waals surface area contributed by atoms with E-state index in [9.17, 15) is 14.4 Å². The van der Waals surface area contributed by atoms with Crippen LogP contribution in [0.3, 0.4) is 0 Å². The standard InChI is InChI=1S/C18H23NO4/c1-4-5-6-10-13-18(17(22)23-3,19-14(2)20)16(21)15-11-8-7-9-12-15/h6-12H,4-5,13H2,1-3H3,(H,19,20)/b10-6-/t18-/m1/s1. The number of esters is 1. The molecular formula is C18H23NO4. The highest BCUT2D eigenvalue weighted by Gasteiger charge is 2.47. The Morgan fingerprint density at radius 3 is 2.35 bits per heavy atom. The van der Waals surface area contributed by atoms with Crippen molar-refractivity contribution in [1.29, 1.82) is 0 Å². The number of unbranched alkanes of at least 4 members (excludes halogenated alkanes) is 1. The Hall–Kier alpha value is -2.43. The van der Waals surface area contributed by atoms with Gasteiger partial charge in [-0.3, -0.25) is 9.59 Å². The maximum Gasteiger partial charge on any atom is 0.340 e. The molecule has 0 heterocycles. The second-order valence-electron chi connectivity index (χ2n) is 5.24. The van der Waals surface area contributed by atoms with Crippen molar-refractivity contribution in [3.05, 3.63) is 48.0 Å². The lowest BCUT2D eigenvalue weighted by molar-refractivity contribution is -0.148. The van der Waals surface area contributed by atoms with E-state index >= 15 is 0 Å². The number of allylic oxidation sites excluding steroid dienone is 1. The van der Waals surface area contributed by atoms with Crippen LogP contribution in [0.4, 0.5) is 0 Å². The van der Waals surface area contributed by atoms with Crippen LogP contribution in [0.2, 0.25) is 0 Å². The van der Waals surface area contributed by atoms with E-state index in [1.54, 1.807) is 36.4 Å². The average molecular weight is 317 g/mol. The molecule has 1 amide bonds. The second kappa shape index (κ2) is 8.88. The van der Waals surface area contributed by atoms with Gasteiger partial charge in [-0.25, -0.2) is 4.79 Å². The summed E-state index contributed by atoms with van der Waals surface area (Å²) in [6, 6.07) is 8.40. The van der Waals surface area contributed by atoms with Crippen molar-refractivity contribution in [2.24, 2.45) is 0 Å². The number of nitrogens with one attached hydrogen (secondary N) is 1. The van der Waals surface area contributed by atoms with Crippen LogP contribution in [-0.4, -0.2) is 30.3 Å². The predicted molar refractivity (Wildman–Crippen MR) is 88.0 cm³/mol. The maximum absolute atomic E-state index is 12.9. The number of ketones is 1. The molecule has 23 heavy (non-hydrogen) atoms. The molecule has 1 aromatic carbocycles. The van der Waals surface area contributed by atoms with Crippen LogP contribution in [0.1, 0.15) is 43.5 Å². The van der Waals surface area contributed by atoms with Crippen molar-refractivity contribution in [3.63, 3.8) is 0 Å². The Balaban J connectivity index is 3.27. The smallest absolute Gasteiger partial charge is 0.340 e. The molecule has 0 bridgehead atoms. The first-order valence-electron chi connectivity index (χ1n) is 7.60. The van der Waals surface area contributed by atoms with E-state index in [1.807, 2.05) is 13.0 Å². The molecule has 0 aliphatic heterocycles. The van der Waals surface area contributed by atoms with Gasteiger partial charge in [0.1, 0.15) is 0 Å². The minimum Gasteiger partial charge on any atom is -0.467 e. The predicted octanol–water partition coefficient (Wildman–Crippen LogP) is 2.66. The summed E-state index contributed by atoms with van der Waals surface area (Å²) in [4.78, 5) is 36.9. The summed E-state index contributed by atoms with van der Waals surface area (Å²) >= 11 is 0. The molecule has 0 aliphatic carbocycles. The lowest BCUT2D eigenvalue weighted by Gasteiger charge is -2.29. The van der Waals surface area contributed by atoms with E-state index in [0.29, 0.717) is 5.56 Å². The van der Waals surface area contributed by atoms with Crippen LogP contribution in [-0.2, 0) is 14.3 Å². The fourth-order valence-electron chi connectivity index (χ4n) is 2.28. The number of amides is 1. The van der Waals surface area contributed by atoms with Crippen LogP contribution < -0.4 is 5.32 Å². The molecule has 0 fully saturated rings. The number of hydrogen-bond acceptors (Lipinski definition) is 4. The van der Waals surface area contributed by atoms with Gasteiger partial charge in [0.2, 0.25) is 11.4 Å². The summed E-state index contributed by atoms with van der Waals surface area (Å²) in [6.07, 6.45) is 5.45. The Kier molecular flexibility index (Phi) is 7.19. The molecule has 0 radical (unpaired) electrons. The number of rotatable bonds is 8. The molecule has 1 atom stereocenters. The van der Waals surface area contributed by atoms with E-state index in [2.05, 4.69) is 5.32 Å². The van der Waals surface area contributed by atoms with Gasteiger partial charge >= 0.3 is 5.97 Å². The Labute approximate surface area is 136 Å². The Morgan fingerprint density at radius 1 is 1.17 bits per heavy atom. The molecule has 0 aliphatic rings. The van der Waals surface area contributed by atoms with Gasteiger partial charge in [0.05, 0.1) is 7.11 Å². The van der Waals surface area contributed by atoms with Gasteiger partial charge < -0.3 is 10.1 Å². The van der Waals surface area contributed by atoms with Gasteiger partial charge in [0.15, 0.2) is 5.78 Å². The summed E-state index contributed by atoms with van der Waals surface area (Å²) in [5, 5.41) is 2.50. The minimum atomic E-state index is -1.74. The van der Waals surface area contributed by atoms with Gasteiger partial charge in [-0.05, 0) is 6.42 Å². The first-order chi connectivity index (χ1) is 11.0. The van der Waals surface area contributed by atoms with Crippen molar-refractivity contribution in [2.75, 3.05) is 7.11 Å². The monoisotopic (exact) mass is 317 g/mol. The van der Waals surface area contributed by atoms with E-state index in [0.717, 1.165) is 12.8 Å².